The van der Waals surface area contributed by atoms with Crippen molar-refractivity contribution in [2.24, 2.45) is 7.05 Å². The first-order valence-electron chi connectivity index (χ1n) is 14.9. The largest absolute Gasteiger partial charge is 0.423 e. The summed E-state index contributed by atoms with van der Waals surface area (Å²) in [4.78, 5) is 60.5. The Morgan fingerprint density at radius 2 is 1.65 bits per heavy atom. The number of aryl methyl sites for hydroxylation is 2. The van der Waals surface area contributed by atoms with Crippen LogP contribution in [0.5, 0.6) is 11.5 Å². The molecule has 1 saturated heterocycles. The molecule has 1 N–H and O–H groups in total. The van der Waals surface area contributed by atoms with Crippen molar-refractivity contribution in [2.75, 3.05) is 38.5 Å². The fourth-order valence-electron chi connectivity index (χ4n) is 5.40. The average Bonchev–Trinajstić information content (AvgIpc) is 3.66. The van der Waals surface area contributed by atoms with Gasteiger partial charge in [-0.05, 0) is 44.2 Å². The van der Waals surface area contributed by atoms with Crippen molar-refractivity contribution in [2.45, 2.75) is 19.3 Å². The van der Waals surface area contributed by atoms with Gasteiger partial charge in [-0.2, -0.15) is 5.10 Å². The van der Waals surface area contributed by atoms with Gasteiger partial charge < -0.3 is 19.3 Å². The van der Waals surface area contributed by atoms with Crippen molar-refractivity contribution in [1.82, 2.24) is 29.1 Å². The molecule has 4 aromatic rings. The monoisotopic (exact) mass is 623 g/mol. The van der Waals surface area contributed by atoms with Crippen LogP contribution in [0.1, 0.15) is 28.9 Å². The highest BCUT2D eigenvalue weighted by Crippen LogP contribution is 2.42. The van der Waals surface area contributed by atoms with Crippen LogP contribution in [0.2, 0.25) is 0 Å². The molecule has 2 aliphatic heterocycles. The van der Waals surface area contributed by atoms with Gasteiger partial charge in [0.15, 0.2) is 5.75 Å². The van der Waals surface area contributed by atoms with Gasteiger partial charge in [0.1, 0.15) is 5.75 Å². The van der Waals surface area contributed by atoms with Crippen molar-refractivity contribution in [3.63, 3.8) is 0 Å². The summed E-state index contributed by atoms with van der Waals surface area (Å²) in [5.74, 6) is -1.84. The molecule has 13 heteroatoms. The summed E-state index contributed by atoms with van der Waals surface area (Å²) < 4.78 is 14.4. The number of aromatic nitrogens is 4. The van der Waals surface area contributed by atoms with E-state index in [2.05, 4.69) is 22.4 Å². The zero-order chi connectivity index (χ0) is 32.2. The lowest BCUT2D eigenvalue weighted by molar-refractivity contribution is -0.133. The van der Waals surface area contributed by atoms with Gasteiger partial charge in [0.05, 0.1) is 23.0 Å². The maximum absolute atomic E-state index is 13.9. The Hall–Kier alpha value is -5.56. The molecule has 2 bridgehead atoms. The van der Waals surface area contributed by atoms with Gasteiger partial charge in [-0.25, -0.2) is 14.6 Å². The number of hydrogen-bond acceptors (Lipinski definition) is 9. The summed E-state index contributed by atoms with van der Waals surface area (Å²) in [5, 5.41) is 7.06. The highest BCUT2D eigenvalue weighted by atomic mass is 16.5. The zero-order valence-electron chi connectivity index (χ0n) is 25.5. The van der Waals surface area contributed by atoms with Gasteiger partial charge >= 0.3 is 11.9 Å². The van der Waals surface area contributed by atoms with Crippen molar-refractivity contribution in [1.29, 1.82) is 0 Å². The number of rotatable bonds is 8. The van der Waals surface area contributed by atoms with Crippen LogP contribution in [0.25, 0.3) is 16.8 Å². The second-order valence-electron chi connectivity index (χ2n) is 11.1. The number of hydrogen-bond donors (Lipinski definition) is 1. The third-order valence-corrected chi connectivity index (χ3v) is 7.82. The number of ether oxygens (including phenoxy) is 2. The Labute approximate surface area is 265 Å². The second kappa shape index (κ2) is 13.2. The molecule has 0 unspecified atom stereocenters. The standard InChI is InChI=1S/C33H33N7O6/c1-37-15-17-39(18-16-37)27(41)10-6-7-23-21-40(24-8-4-3-5-9-24)33(35-23)36-32(44)25-11-12-26-30(22-19-34-38(2)20-22)31(25)46-29(43)14-13-28(42)45-26/h3-5,8-9,11-14,19-21H,6-7,10,15-18H2,1-2H3,(H,35,36,44)/b14-13+. The van der Waals surface area contributed by atoms with Gasteiger partial charge in [0.2, 0.25) is 11.9 Å². The molecule has 46 heavy (non-hydrogen) atoms. The molecule has 0 radical (unpaired) electrons. The van der Waals surface area contributed by atoms with Gasteiger partial charge in [-0.3, -0.25) is 24.2 Å². The number of para-hydroxylation sites is 1. The van der Waals surface area contributed by atoms with Crippen LogP contribution in [0.4, 0.5) is 5.95 Å². The number of amides is 2. The van der Waals surface area contributed by atoms with Crippen LogP contribution in [0, 0.1) is 0 Å². The van der Waals surface area contributed by atoms with Crippen LogP contribution < -0.4 is 14.8 Å². The van der Waals surface area contributed by atoms with E-state index in [1.807, 2.05) is 41.4 Å². The molecule has 0 spiro atoms. The molecule has 0 saturated carbocycles. The predicted molar refractivity (Wildman–Crippen MR) is 168 cm³/mol. The third kappa shape index (κ3) is 6.74. The van der Waals surface area contributed by atoms with Gasteiger partial charge in [-0.15, -0.1) is 0 Å². The van der Waals surface area contributed by atoms with E-state index < -0.39 is 17.8 Å². The highest BCUT2D eigenvalue weighted by Gasteiger charge is 2.27. The fraction of sp³-hybridized carbons (Fsp3) is 0.273. The molecule has 236 valence electrons. The lowest BCUT2D eigenvalue weighted by atomic mass is 10.0. The Kier molecular flexibility index (Phi) is 8.74. The summed E-state index contributed by atoms with van der Waals surface area (Å²) in [6.07, 6.45) is 8.44. The number of anilines is 1. The third-order valence-electron chi connectivity index (χ3n) is 7.82. The maximum atomic E-state index is 13.9. The Morgan fingerprint density at radius 3 is 2.37 bits per heavy atom. The normalized spacial score (nSPS) is 15.7. The van der Waals surface area contributed by atoms with Crippen LogP contribution in [-0.4, -0.2) is 86.1 Å². The summed E-state index contributed by atoms with van der Waals surface area (Å²) in [6.45, 7) is 3.19. The number of nitrogens with zero attached hydrogens (tertiary/aromatic N) is 6. The fourth-order valence-corrected chi connectivity index (χ4v) is 5.40. The molecule has 2 aliphatic rings. The summed E-state index contributed by atoms with van der Waals surface area (Å²) in [7, 11) is 3.76. The molecule has 1 fully saturated rings. The minimum absolute atomic E-state index is 0.0178. The number of esters is 2. The minimum Gasteiger partial charge on any atom is -0.423 e. The van der Waals surface area contributed by atoms with Crippen LogP contribution in [-0.2, 0) is 27.9 Å². The second-order valence-corrected chi connectivity index (χ2v) is 11.1. The van der Waals surface area contributed by atoms with Crippen LogP contribution in [0.3, 0.4) is 0 Å². The summed E-state index contributed by atoms with van der Waals surface area (Å²) in [5.41, 5.74) is 2.19. The van der Waals surface area contributed by atoms with Crippen LogP contribution >= 0.6 is 0 Å². The van der Waals surface area contributed by atoms with Crippen molar-refractivity contribution < 1.29 is 28.7 Å². The summed E-state index contributed by atoms with van der Waals surface area (Å²) in [6, 6.07) is 12.3. The van der Waals surface area contributed by atoms with Crippen molar-refractivity contribution in [3.8, 4) is 28.3 Å². The van der Waals surface area contributed by atoms with E-state index in [4.69, 9.17) is 14.5 Å². The molecular weight excluding hydrogens is 590 g/mol. The predicted octanol–water partition coefficient (Wildman–Crippen LogP) is 3.00. The number of piperazine rings is 1. The number of imidazole rings is 1. The van der Waals surface area contributed by atoms with Crippen molar-refractivity contribution in [3.05, 3.63) is 84.5 Å². The number of likely N-dealkylation sites (N-methyl/N-ethyl adjacent to an activating group) is 1. The average molecular weight is 624 g/mol. The zero-order valence-corrected chi connectivity index (χ0v) is 25.5. The van der Waals surface area contributed by atoms with Crippen LogP contribution in [0.15, 0.2) is 73.2 Å². The molecule has 2 aromatic carbocycles. The summed E-state index contributed by atoms with van der Waals surface area (Å²) >= 11 is 0. The Balaban J connectivity index is 1.28. The topological polar surface area (TPSA) is 141 Å². The van der Waals surface area contributed by atoms with E-state index >= 15 is 0 Å². The van der Waals surface area contributed by atoms with E-state index in [0.717, 1.165) is 44.0 Å². The first-order valence-corrected chi connectivity index (χ1v) is 14.9. The number of nitrogens with one attached hydrogen (secondary N) is 1. The molecular formula is C33H33N7O6. The Bertz CT molecular complexity index is 1820. The smallest absolute Gasteiger partial charge is 0.336 e. The van der Waals surface area contributed by atoms with E-state index in [9.17, 15) is 19.2 Å². The van der Waals surface area contributed by atoms with E-state index in [0.29, 0.717) is 30.5 Å². The number of benzene rings is 2. The molecule has 0 aliphatic carbocycles. The number of fused-ring (bicyclic) bond motifs is 2. The lowest BCUT2D eigenvalue weighted by Crippen LogP contribution is -2.47. The molecule has 6 rings (SSSR count). The molecule has 0 atom stereocenters. The number of carbonyl (C=O) groups excluding carboxylic acids is 4. The highest BCUT2D eigenvalue weighted by molar-refractivity contribution is 6.09. The maximum Gasteiger partial charge on any atom is 0.336 e. The number of carbonyl (C=O) groups is 4. The molecule has 13 nitrogen and oxygen atoms in total. The quantitative estimate of drug-likeness (QED) is 0.232. The van der Waals surface area contributed by atoms with E-state index in [1.54, 1.807) is 17.8 Å². The Morgan fingerprint density at radius 1 is 0.913 bits per heavy atom. The van der Waals surface area contributed by atoms with Gasteiger partial charge in [0, 0.05) is 75.4 Å². The minimum atomic E-state index is -0.852. The first kappa shape index (κ1) is 30.5. The first-order chi connectivity index (χ1) is 22.2. The molecule has 2 amide bonds. The van der Waals surface area contributed by atoms with Crippen molar-refractivity contribution >= 4 is 29.7 Å². The van der Waals surface area contributed by atoms with Gasteiger partial charge in [-0.1, -0.05) is 18.2 Å². The lowest BCUT2D eigenvalue weighted by Gasteiger charge is -2.32. The van der Waals surface area contributed by atoms with Gasteiger partial charge in [0.25, 0.3) is 5.91 Å². The molecule has 4 heterocycles. The van der Waals surface area contributed by atoms with E-state index in [1.165, 1.54) is 23.0 Å². The molecule has 2 aromatic heterocycles. The van der Waals surface area contributed by atoms with E-state index in [-0.39, 0.29) is 34.5 Å². The SMILES string of the molecule is CN1CCN(C(=O)CCCc2cn(-c3ccccc3)c(NC(=O)c3ccc4c(-c5cnn(C)c5)c3OC(=O)/C=C/C(=O)O4)n2)CC1.